The van der Waals surface area contributed by atoms with Crippen molar-refractivity contribution >= 4 is 51.9 Å². The van der Waals surface area contributed by atoms with E-state index in [0.717, 1.165) is 12.1 Å². The van der Waals surface area contributed by atoms with Crippen molar-refractivity contribution < 1.29 is 13.2 Å². The summed E-state index contributed by atoms with van der Waals surface area (Å²) < 4.78 is 37.4. The number of thiocarbonyl (C=S) groups is 1. The van der Waals surface area contributed by atoms with Crippen molar-refractivity contribution in [2.45, 2.75) is 6.18 Å². The monoisotopic (exact) mass is 364 g/mol. The van der Waals surface area contributed by atoms with Crippen molar-refractivity contribution in [2.75, 3.05) is 10.6 Å². The van der Waals surface area contributed by atoms with Crippen LogP contribution in [0.1, 0.15) is 5.56 Å². The number of nitrogens with one attached hydrogen (secondary N) is 2. The van der Waals surface area contributed by atoms with E-state index in [-0.39, 0.29) is 5.11 Å². The molecule has 0 amide bonds. The van der Waals surface area contributed by atoms with Crippen LogP contribution in [0.25, 0.3) is 0 Å². The van der Waals surface area contributed by atoms with Gasteiger partial charge in [-0.15, -0.1) is 0 Å². The van der Waals surface area contributed by atoms with Crippen LogP contribution in [0.3, 0.4) is 0 Å². The van der Waals surface area contributed by atoms with E-state index in [4.69, 9.17) is 35.4 Å². The Bertz CT molecular complexity index is 687. The van der Waals surface area contributed by atoms with Gasteiger partial charge in [0, 0.05) is 11.4 Å². The van der Waals surface area contributed by atoms with Crippen molar-refractivity contribution in [2.24, 2.45) is 0 Å². The van der Waals surface area contributed by atoms with Gasteiger partial charge in [0.2, 0.25) is 0 Å². The molecular formula is C14H9Cl2F3N2S. The molecule has 0 unspecified atom stereocenters. The number of anilines is 2. The first-order valence-electron chi connectivity index (χ1n) is 5.96. The zero-order valence-electron chi connectivity index (χ0n) is 10.8. The minimum atomic E-state index is -4.36. The van der Waals surface area contributed by atoms with Gasteiger partial charge in [-0.3, -0.25) is 0 Å². The smallest absolute Gasteiger partial charge is 0.332 e. The lowest BCUT2D eigenvalue weighted by atomic mass is 10.2. The molecule has 0 bridgehead atoms. The molecule has 2 aromatic rings. The topological polar surface area (TPSA) is 24.1 Å². The van der Waals surface area contributed by atoms with Crippen molar-refractivity contribution in [1.82, 2.24) is 0 Å². The molecule has 0 saturated heterocycles. The van der Waals surface area contributed by atoms with Crippen LogP contribution < -0.4 is 10.6 Å². The summed E-state index contributed by atoms with van der Waals surface area (Å²) in [6.45, 7) is 0. The zero-order valence-corrected chi connectivity index (χ0v) is 13.2. The molecule has 0 aliphatic carbocycles. The third-order valence-electron chi connectivity index (χ3n) is 2.65. The standard InChI is InChI=1S/C14H9Cl2F3N2S/c15-11-6-5-10(7-12(11)16)21-13(22)20-9-3-1-8(2-4-9)14(17,18)19/h1-7H,(H2,20,21,22). The molecule has 0 atom stereocenters. The fourth-order valence-electron chi connectivity index (χ4n) is 1.61. The number of hydrogen-bond donors (Lipinski definition) is 2. The van der Waals surface area contributed by atoms with E-state index >= 15 is 0 Å². The average Bonchev–Trinajstić information content (AvgIpc) is 2.42. The highest BCUT2D eigenvalue weighted by Gasteiger charge is 2.29. The first-order valence-corrected chi connectivity index (χ1v) is 7.12. The van der Waals surface area contributed by atoms with Gasteiger partial charge in [-0.25, -0.2) is 0 Å². The lowest BCUT2D eigenvalue weighted by Gasteiger charge is -2.12. The molecule has 8 heteroatoms. The summed E-state index contributed by atoms with van der Waals surface area (Å²) in [5, 5.41) is 6.63. The van der Waals surface area contributed by atoms with E-state index in [0.29, 0.717) is 21.4 Å². The lowest BCUT2D eigenvalue weighted by Crippen LogP contribution is -2.19. The summed E-state index contributed by atoms with van der Waals surface area (Å²) in [4.78, 5) is 0. The molecule has 0 heterocycles. The molecule has 2 rings (SSSR count). The Hall–Kier alpha value is -1.50. The van der Waals surface area contributed by atoms with Crippen LogP contribution in [-0.4, -0.2) is 5.11 Å². The minimum Gasteiger partial charge on any atom is -0.332 e. The summed E-state index contributed by atoms with van der Waals surface area (Å²) in [6, 6.07) is 9.41. The van der Waals surface area contributed by atoms with Crippen LogP contribution >= 0.6 is 35.4 Å². The molecule has 2 nitrogen and oxygen atoms in total. The Kier molecular flexibility index (Phi) is 5.16. The maximum atomic E-state index is 12.5. The molecule has 0 fully saturated rings. The quantitative estimate of drug-likeness (QED) is 0.656. The molecule has 22 heavy (non-hydrogen) atoms. The number of benzene rings is 2. The fraction of sp³-hybridized carbons (Fsp3) is 0.0714. The SMILES string of the molecule is FC(F)(F)c1ccc(NC(=S)Nc2ccc(Cl)c(Cl)c2)cc1. The van der Waals surface area contributed by atoms with Gasteiger partial charge in [0.1, 0.15) is 0 Å². The molecule has 0 aromatic heterocycles. The summed E-state index contributed by atoms with van der Waals surface area (Å²) in [5.74, 6) is 0. The van der Waals surface area contributed by atoms with Crippen LogP contribution in [0.5, 0.6) is 0 Å². The molecule has 2 aromatic carbocycles. The summed E-state index contributed by atoms with van der Waals surface area (Å²) in [5.41, 5.74) is 0.325. The zero-order chi connectivity index (χ0) is 16.3. The predicted octanol–water partition coefficient (Wildman–Crippen LogP) is 5.82. The molecule has 0 aliphatic heterocycles. The fourth-order valence-corrected chi connectivity index (χ4v) is 2.14. The number of alkyl halides is 3. The Morgan fingerprint density at radius 2 is 1.41 bits per heavy atom. The van der Waals surface area contributed by atoms with E-state index in [9.17, 15) is 13.2 Å². The van der Waals surface area contributed by atoms with Gasteiger partial charge in [0.15, 0.2) is 5.11 Å². The van der Waals surface area contributed by atoms with Crippen molar-refractivity contribution in [3.8, 4) is 0 Å². The maximum Gasteiger partial charge on any atom is 0.416 e. The third kappa shape index (κ3) is 4.50. The van der Waals surface area contributed by atoms with Gasteiger partial charge in [0.05, 0.1) is 15.6 Å². The first-order chi connectivity index (χ1) is 10.3. The van der Waals surface area contributed by atoms with E-state index in [1.807, 2.05) is 0 Å². The van der Waals surface area contributed by atoms with Crippen LogP contribution in [0.4, 0.5) is 24.5 Å². The van der Waals surface area contributed by atoms with E-state index in [1.54, 1.807) is 18.2 Å². The second-order valence-electron chi connectivity index (χ2n) is 4.28. The third-order valence-corrected chi connectivity index (χ3v) is 3.59. The Labute approximate surface area is 140 Å². The van der Waals surface area contributed by atoms with E-state index in [2.05, 4.69) is 10.6 Å². The molecule has 116 valence electrons. The summed E-state index contributed by atoms with van der Waals surface area (Å²) >= 11 is 16.8. The van der Waals surface area contributed by atoms with Gasteiger partial charge in [0.25, 0.3) is 0 Å². The van der Waals surface area contributed by atoms with Crippen LogP contribution in [-0.2, 0) is 6.18 Å². The molecular weight excluding hydrogens is 356 g/mol. The number of halogens is 5. The molecule has 2 N–H and O–H groups in total. The second kappa shape index (κ2) is 6.73. The lowest BCUT2D eigenvalue weighted by molar-refractivity contribution is -0.137. The maximum absolute atomic E-state index is 12.5. The highest BCUT2D eigenvalue weighted by atomic mass is 35.5. The van der Waals surface area contributed by atoms with Gasteiger partial charge in [-0.05, 0) is 54.7 Å². The Morgan fingerprint density at radius 1 is 0.864 bits per heavy atom. The minimum absolute atomic E-state index is 0.221. The number of rotatable bonds is 2. The first kappa shape index (κ1) is 16.9. The van der Waals surface area contributed by atoms with E-state index in [1.165, 1.54) is 12.1 Å². The molecule has 0 saturated carbocycles. The van der Waals surface area contributed by atoms with Crippen LogP contribution in [0, 0.1) is 0 Å². The highest BCUT2D eigenvalue weighted by molar-refractivity contribution is 7.80. The van der Waals surface area contributed by atoms with Crippen LogP contribution in [0.2, 0.25) is 10.0 Å². The van der Waals surface area contributed by atoms with Gasteiger partial charge in [-0.2, -0.15) is 13.2 Å². The number of hydrogen-bond acceptors (Lipinski definition) is 1. The van der Waals surface area contributed by atoms with Gasteiger partial charge < -0.3 is 10.6 Å². The van der Waals surface area contributed by atoms with Gasteiger partial charge in [-0.1, -0.05) is 23.2 Å². The molecule has 0 aliphatic rings. The normalized spacial score (nSPS) is 11.1. The molecule has 0 spiro atoms. The van der Waals surface area contributed by atoms with Crippen molar-refractivity contribution in [1.29, 1.82) is 0 Å². The highest BCUT2D eigenvalue weighted by Crippen LogP contribution is 2.30. The summed E-state index contributed by atoms with van der Waals surface area (Å²) in [6.07, 6.45) is -4.36. The Balaban J connectivity index is 2.01. The van der Waals surface area contributed by atoms with Crippen molar-refractivity contribution in [3.05, 3.63) is 58.1 Å². The second-order valence-corrected chi connectivity index (χ2v) is 5.51. The van der Waals surface area contributed by atoms with E-state index < -0.39 is 11.7 Å². The summed E-state index contributed by atoms with van der Waals surface area (Å²) in [7, 11) is 0. The Morgan fingerprint density at radius 3 is 1.95 bits per heavy atom. The largest absolute Gasteiger partial charge is 0.416 e. The van der Waals surface area contributed by atoms with Crippen LogP contribution in [0.15, 0.2) is 42.5 Å². The average molecular weight is 365 g/mol. The van der Waals surface area contributed by atoms with Gasteiger partial charge >= 0.3 is 6.18 Å². The predicted molar refractivity (Wildman–Crippen MR) is 87.7 cm³/mol. The molecule has 0 radical (unpaired) electrons. The van der Waals surface area contributed by atoms with Crippen molar-refractivity contribution in [3.63, 3.8) is 0 Å².